The number of nitrogens with one attached hydrogen (secondary N) is 1. The average Bonchev–Trinajstić information content (AvgIpc) is 2.40. The molecule has 1 aromatic heterocycles. The van der Waals surface area contributed by atoms with Gasteiger partial charge in [0.15, 0.2) is 0 Å². The first kappa shape index (κ1) is 15.4. The molecule has 0 unspecified atom stereocenters. The van der Waals surface area contributed by atoms with E-state index < -0.39 is 11.5 Å². The van der Waals surface area contributed by atoms with Crippen LogP contribution in [0.1, 0.15) is 37.0 Å². The Morgan fingerprint density at radius 1 is 1.37 bits per heavy atom. The van der Waals surface area contributed by atoms with Crippen LogP contribution in [0, 0.1) is 0 Å². The van der Waals surface area contributed by atoms with E-state index in [0.717, 1.165) is 19.6 Å². The lowest BCUT2D eigenvalue weighted by molar-refractivity contribution is 0.0523. The summed E-state index contributed by atoms with van der Waals surface area (Å²) < 4.78 is 4.77. The summed E-state index contributed by atoms with van der Waals surface area (Å²) in [5.74, 6) is -0.0449. The van der Waals surface area contributed by atoms with Gasteiger partial charge in [-0.3, -0.25) is 4.79 Å². The molecule has 0 aliphatic heterocycles. The van der Waals surface area contributed by atoms with Crippen LogP contribution in [0.25, 0.3) is 0 Å². The SMILES string of the molecule is CCOC(=O)c1cnc(CCN(CC)CC)[nH]c1=O. The zero-order chi connectivity index (χ0) is 14.3. The van der Waals surface area contributed by atoms with E-state index in [0.29, 0.717) is 12.2 Å². The molecule has 19 heavy (non-hydrogen) atoms. The van der Waals surface area contributed by atoms with Crippen molar-refractivity contribution in [3.05, 3.63) is 27.9 Å². The minimum atomic E-state index is -0.633. The first-order valence-electron chi connectivity index (χ1n) is 6.60. The fourth-order valence-electron chi connectivity index (χ4n) is 1.72. The van der Waals surface area contributed by atoms with Gasteiger partial charge in [-0.15, -0.1) is 0 Å². The fraction of sp³-hybridized carbons (Fsp3) is 0.615. The van der Waals surface area contributed by atoms with Crippen molar-refractivity contribution in [1.29, 1.82) is 0 Å². The fourth-order valence-corrected chi connectivity index (χ4v) is 1.72. The van der Waals surface area contributed by atoms with Gasteiger partial charge in [-0.1, -0.05) is 13.8 Å². The largest absolute Gasteiger partial charge is 0.462 e. The van der Waals surface area contributed by atoms with Crippen LogP contribution < -0.4 is 5.56 Å². The highest BCUT2D eigenvalue weighted by atomic mass is 16.5. The standard InChI is InChI=1S/C13H21N3O3/c1-4-16(5-2)8-7-11-14-9-10(12(17)15-11)13(18)19-6-3/h9H,4-8H2,1-3H3,(H,14,15,17). The second-order valence-electron chi connectivity index (χ2n) is 4.07. The quantitative estimate of drug-likeness (QED) is 0.741. The van der Waals surface area contributed by atoms with Gasteiger partial charge in [0.2, 0.25) is 0 Å². The molecule has 0 atom stereocenters. The van der Waals surface area contributed by atoms with Gasteiger partial charge >= 0.3 is 5.97 Å². The van der Waals surface area contributed by atoms with E-state index in [1.807, 2.05) is 0 Å². The minimum Gasteiger partial charge on any atom is -0.462 e. The molecule has 1 aromatic rings. The summed E-state index contributed by atoms with van der Waals surface area (Å²) in [7, 11) is 0. The minimum absolute atomic E-state index is 0.0477. The molecule has 0 aliphatic rings. The Balaban J connectivity index is 2.72. The Hall–Kier alpha value is -1.69. The Morgan fingerprint density at radius 2 is 2.05 bits per heavy atom. The molecule has 0 radical (unpaired) electrons. The van der Waals surface area contributed by atoms with Crippen molar-refractivity contribution in [2.24, 2.45) is 0 Å². The molecule has 1 rings (SSSR count). The molecule has 0 bridgehead atoms. The van der Waals surface area contributed by atoms with Crippen molar-refractivity contribution in [3.63, 3.8) is 0 Å². The van der Waals surface area contributed by atoms with Crippen molar-refractivity contribution >= 4 is 5.97 Å². The number of hydrogen-bond donors (Lipinski definition) is 1. The van der Waals surface area contributed by atoms with Gasteiger partial charge in [0.25, 0.3) is 5.56 Å². The smallest absolute Gasteiger partial charge is 0.345 e. The summed E-state index contributed by atoms with van der Waals surface area (Å²) in [5.41, 5.74) is -0.489. The van der Waals surface area contributed by atoms with Gasteiger partial charge in [0, 0.05) is 19.2 Å². The molecular formula is C13H21N3O3. The molecule has 0 aromatic carbocycles. The van der Waals surface area contributed by atoms with Crippen LogP contribution in [0.5, 0.6) is 0 Å². The third-order valence-corrected chi connectivity index (χ3v) is 2.91. The second-order valence-corrected chi connectivity index (χ2v) is 4.07. The highest BCUT2D eigenvalue weighted by molar-refractivity contribution is 5.88. The summed E-state index contributed by atoms with van der Waals surface area (Å²) in [6.07, 6.45) is 1.94. The van der Waals surface area contributed by atoms with Crippen LogP contribution in [0.3, 0.4) is 0 Å². The lowest BCUT2D eigenvalue weighted by atomic mass is 10.3. The molecule has 106 valence electrons. The summed E-state index contributed by atoms with van der Waals surface area (Å²) in [4.78, 5) is 32.1. The average molecular weight is 267 g/mol. The van der Waals surface area contributed by atoms with Crippen LogP contribution in [-0.4, -0.2) is 47.1 Å². The highest BCUT2D eigenvalue weighted by Crippen LogP contribution is 1.97. The Labute approximate surface area is 112 Å². The summed E-state index contributed by atoms with van der Waals surface area (Å²) in [5, 5.41) is 0. The monoisotopic (exact) mass is 267 g/mol. The number of nitrogens with zero attached hydrogens (tertiary/aromatic N) is 2. The number of aromatic nitrogens is 2. The van der Waals surface area contributed by atoms with E-state index in [-0.39, 0.29) is 12.2 Å². The lowest BCUT2D eigenvalue weighted by Crippen LogP contribution is -2.27. The Bertz CT molecular complexity index is 466. The lowest BCUT2D eigenvalue weighted by Gasteiger charge is -2.17. The third kappa shape index (κ3) is 4.48. The van der Waals surface area contributed by atoms with Crippen molar-refractivity contribution in [2.45, 2.75) is 27.2 Å². The van der Waals surface area contributed by atoms with E-state index in [1.54, 1.807) is 6.92 Å². The second kappa shape index (κ2) is 7.68. The number of likely N-dealkylation sites (N-methyl/N-ethyl adjacent to an activating group) is 1. The van der Waals surface area contributed by atoms with E-state index in [1.165, 1.54) is 6.20 Å². The van der Waals surface area contributed by atoms with Crippen LogP contribution in [0.4, 0.5) is 0 Å². The zero-order valence-electron chi connectivity index (χ0n) is 11.7. The topological polar surface area (TPSA) is 75.3 Å². The van der Waals surface area contributed by atoms with Crippen LogP contribution >= 0.6 is 0 Å². The first-order chi connectivity index (χ1) is 9.12. The molecule has 0 aliphatic carbocycles. The number of ether oxygens (including phenoxy) is 1. The molecule has 6 nitrogen and oxygen atoms in total. The predicted molar refractivity (Wildman–Crippen MR) is 72.3 cm³/mol. The van der Waals surface area contributed by atoms with E-state index in [2.05, 4.69) is 28.7 Å². The van der Waals surface area contributed by atoms with Crippen molar-refractivity contribution in [3.8, 4) is 0 Å². The number of hydrogen-bond acceptors (Lipinski definition) is 5. The molecule has 0 saturated carbocycles. The molecule has 0 fully saturated rings. The van der Waals surface area contributed by atoms with Gasteiger partial charge in [-0.05, 0) is 20.0 Å². The van der Waals surface area contributed by atoms with Crippen molar-refractivity contribution in [1.82, 2.24) is 14.9 Å². The molecule has 1 N–H and O–H groups in total. The van der Waals surface area contributed by atoms with Gasteiger partial charge in [0.05, 0.1) is 6.61 Å². The maximum atomic E-state index is 11.7. The van der Waals surface area contributed by atoms with Gasteiger partial charge < -0.3 is 14.6 Å². The number of aromatic amines is 1. The number of carbonyl (C=O) groups is 1. The first-order valence-corrected chi connectivity index (χ1v) is 6.60. The molecule has 0 spiro atoms. The van der Waals surface area contributed by atoms with E-state index >= 15 is 0 Å². The summed E-state index contributed by atoms with van der Waals surface area (Å²) in [6, 6.07) is 0. The normalized spacial score (nSPS) is 10.7. The molecule has 0 saturated heterocycles. The van der Waals surface area contributed by atoms with Crippen molar-refractivity contribution < 1.29 is 9.53 Å². The number of carbonyl (C=O) groups excluding carboxylic acids is 1. The third-order valence-electron chi connectivity index (χ3n) is 2.91. The van der Waals surface area contributed by atoms with E-state index in [4.69, 9.17) is 4.74 Å². The Kier molecular flexibility index (Phi) is 6.21. The van der Waals surface area contributed by atoms with Crippen LogP contribution in [-0.2, 0) is 11.2 Å². The van der Waals surface area contributed by atoms with E-state index in [9.17, 15) is 9.59 Å². The van der Waals surface area contributed by atoms with Crippen molar-refractivity contribution in [2.75, 3.05) is 26.2 Å². The molecule has 0 amide bonds. The number of rotatable bonds is 7. The summed E-state index contributed by atoms with van der Waals surface area (Å²) in [6.45, 7) is 8.85. The van der Waals surface area contributed by atoms with Gasteiger partial charge in [-0.25, -0.2) is 9.78 Å². The number of esters is 1. The summed E-state index contributed by atoms with van der Waals surface area (Å²) >= 11 is 0. The maximum Gasteiger partial charge on any atom is 0.345 e. The molecule has 6 heteroatoms. The Morgan fingerprint density at radius 3 is 2.58 bits per heavy atom. The van der Waals surface area contributed by atoms with Crippen LogP contribution in [0.2, 0.25) is 0 Å². The molecule has 1 heterocycles. The highest BCUT2D eigenvalue weighted by Gasteiger charge is 2.12. The van der Waals surface area contributed by atoms with Crippen LogP contribution in [0.15, 0.2) is 11.0 Å². The van der Waals surface area contributed by atoms with Gasteiger partial charge in [-0.2, -0.15) is 0 Å². The maximum absolute atomic E-state index is 11.7. The number of H-pyrrole nitrogens is 1. The molecular weight excluding hydrogens is 246 g/mol. The van der Waals surface area contributed by atoms with Gasteiger partial charge in [0.1, 0.15) is 11.4 Å². The predicted octanol–water partition coefficient (Wildman–Crippen LogP) is 0.831. The zero-order valence-corrected chi connectivity index (χ0v) is 11.7.